The van der Waals surface area contributed by atoms with Gasteiger partial charge in [-0.1, -0.05) is 0 Å². The molecular formula is C14H26N6. The maximum atomic E-state index is 6.07. The molecule has 0 atom stereocenters. The summed E-state index contributed by atoms with van der Waals surface area (Å²) >= 11 is 0. The third kappa shape index (κ3) is 2.52. The van der Waals surface area contributed by atoms with E-state index in [0.717, 1.165) is 29.9 Å². The summed E-state index contributed by atoms with van der Waals surface area (Å²) < 4.78 is 3.93. The zero-order valence-electron chi connectivity index (χ0n) is 13.4. The lowest BCUT2D eigenvalue weighted by Crippen LogP contribution is -2.39. The van der Waals surface area contributed by atoms with Crippen LogP contribution in [0.25, 0.3) is 11.2 Å². The Labute approximate surface area is 120 Å². The summed E-state index contributed by atoms with van der Waals surface area (Å²) in [5.41, 5.74) is 8.91. The Morgan fingerprint density at radius 2 is 1.80 bits per heavy atom. The number of hydrogen-bond donors (Lipinski definition) is 1. The molecule has 0 aliphatic heterocycles. The molecule has 0 aromatic carbocycles. The maximum Gasteiger partial charge on any atom is 0.202 e. The van der Waals surface area contributed by atoms with E-state index in [4.69, 9.17) is 5.73 Å². The van der Waals surface area contributed by atoms with E-state index in [1.54, 1.807) is 0 Å². The first-order valence-electron chi connectivity index (χ1n) is 7.24. The molecule has 0 saturated heterocycles. The van der Waals surface area contributed by atoms with Crippen molar-refractivity contribution < 1.29 is 0 Å². The quantitative estimate of drug-likeness (QED) is 0.905. The second-order valence-electron chi connectivity index (χ2n) is 5.93. The fraction of sp³-hybridized carbons (Fsp3) is 0.714. The molecule has 0 fully saturated rings. The van der Waals surface area contributed by atoms with Gasteiger partial charge in [-0.3, -0.25) is 14.1 Å². The van der Waals surface area contributed by atoms with Gasteiger partial charge < -0.3 is 5.73 Å². The van der Waals surface area contributed by atoms with Gasteiger partial charge >= 0.3 is 0 Å². The van der Waals surface area contributed by atoms with Gasteiger partial charge in [0.25, 0.3) is 0 Å². The molecule has 0 bridgehead atoms. The Bertz CT molecular complexity index is 584. The van der Waals surface area contributed by atoms with Crippen molar-refractivity contribution in [3.8, 4) is 0 Å². The van der Waals surface area contributed by atoms with Crippen LogP contribution < -0.4 is 5.73 Å². The Morgan fingerprint density at radius 3 is 2.35 bits per heavy atom. The fourth-order valence-electron chi connectivity index (χ4n) is 2.90. The van der Waals surface area contributed by atoms with Crippen molar-refractivity contribution in [2.45, 2.75) is 53.2 Å². The largest absolute Gasteiger partial charge is 0.369 e. The van der Waals surface area contributed by atoms with Crippen LogP contribution in [0, 0.1) is 6.92 Å². The van der Waals surface area contributed by atoms with Crippen molar-refractivity contribution in [1.82, 2.24) is 24.2 Å². The molecular weight excluding hydrogens is 252 g/mol. The van der Waals surface area contributed by atoms with E-state index in [2.05, 4.69) is 47.2 Å². The van der Waals surface area contributed by atoms with Crippen LogP contribution in [0.5, 0.6) is 0 Å². The van der Waals surface area contributed by atoms with E-state index in [0.29, 0.717) is 18.0 Å². The van der Waals surface area contributed by atoms with Crippen molar-refractivity contribution in [3.05, 3.63) is 5.69 Å². The van der Waals surface area contributed by atoms with Crippen LogP contribution in [0.4, 0.5) is 5.95 Å². The number of rotatable bonds is 5. The summed E-state index contributed by atoms with van der Waals surface area (Å²) in [6, 6.07) is 1.03. The molecule has 2 aromatic heterocycles. The van der Waals surface area contributed by atoms with Crippen LogP contribution in [0.3, 0.4) is 0 Å². The van der Waals surface area contributed by atoms with Gasteiger partial charge in [-0.25, -0.2) is 4.98 Å². The Balaban J connectivity index is 2.27. The molecule has 0 radical (unpaired) electrons. The zero-order valence-corrected chi connectivity index (χ0v) is 13.4. The number of aromatic nitrogens is 4. The number of nitrogens with two attached hydrogens (primary N) is 1. The number of anilines is 1. The lowest BCUT2D eigenvalue weighted by molar-refractivity contribution is 0.169. The van der Waals surface area contributed by atoms with Gasteiger partial charge in [0.15, 0.2) is 5.65 Å². The summed E-state index contributed by atoms with van der Waals surface area (Å²) in [5, 5.41) is 4.41. The lowest BCUT2D eigenvalue weighted by atomic mass is 10.2. The molecule has 6 heteroatoms. The average molecular weight is 278 g/mol. The molecule has 6 nitrogen and oxygen atoms in total. The smallest absolute Gasteiger partial charge is 0.202 e. The van der Waals surface area contributed by atoms with Gasteiger partial charge in [-0.2, -0.15) is 5.10 Å². The Kier molecular flexibility index (Phi) is 4.04. The van der Waals surface area contributed by atoms with Crippen molar-refractivity contribution >= 4 is 17.1 Å². The molecule has 20 heavy (non-hydrogen) atoms. The molecule has 112 valence electrons. The molecule has 0 aliphatic rings. The van der Waals surface area contributed by atoms with Crippen molar-refractivity contribution in [2.24, 2.45) is 7.05 Å². The lowest BCUT2D eigenvalue weighted by Gasteiger charge is -2.30. The summed E-state index contributed by atoms with van der Waals surface area (Å²) in [6.45, 7) is 12.6. The third-order valence-electron chi connectivity index (χ3n) is 3.83. The SMILES string of the molecule is Cc1nn(C)c2c1nc(N)n2CCN(C(C)C)C(C)C. The minimum absolute atomic E-state index is 0.517. The van der Waals surface area contributed by atoms with Gasteiger partial charge in [0, 0.05) is 32.2 Å². The Hall–Kier alpha value is -1.56. The van der Waals surface area contributed by atoms with Gasteiger partial charge in [-0.05, 0) is 34.6 Å². The predicted octanol–water partition coefficient (Wildman–Crippen LogP) is 1.78. The number of nitrogen functional groups attached to an aromatic ring is 1. The molecule has 2 heterocycles. The maximum absolute atomic E-state index is 6.07. The normalized spacial score (nSPS) is 12.4. The van der Waals surface area contributed by atoms with Crippen LogP contribution in [-0.2, 0) is 13.6 Å². The summed E-state index contributed by atoms with van der Waals surface area (Å²) in [7, 11) is 1.94. The van der Waals surface area contributed by atoms with Crippen LogP contribution in [0.1, 0.15) is 33.4 Å². The molecule has 0 aliphatic carbocycles. The first-order valence-corrected chi connectivity index (χ1v) is 7.24. The topological polar surface area (TPSA) is 64.9 Å². The molecule has 2 rings (SSSR count). The van der Waals surface area contributed by atoms with Gasteiger partial charge in [0.1, 0.15) is 5.52 Å². The van der Waals surface area contributed by atoms with Crippen molar-refractivity contribution in [3.63, 3.8) is 0 Å². The fourth-order valence-corrected chi connectivity index (χ4v) is 2.90. The summed E-state index contributed by atoms with van der Waals surface area (Å²) in [6.07, 6.45) is 0. The highest BCUT2D eigenvalue weighted by Crippen LogP contribution is 2.20. The third-order valence-corrected chi connectivity index (χ3v) is 3.83. The second kappa shape index (κ2) is 5.44. The van der Waals surface area contributed by atoms with Crippen LogP contribution in [0.2, 0.25) is 0 Å². The van der Waals surface area contributed by atoms with E-state index in [1.807, 2.05) is 18.7 Å². The van der Waals surface area contributed by atoms with Crippen LogP contribution >= 0.6 is 0 Å². The monoisotopic (exact) mass is 278 g/mol. The summed E-state index contributed by atoms with van der Waals surface area (Å²) in [4.78, 5) is 6.89. The standard InChI is InChI=1S/C14H26N6/c1-9(2)19(10(3)4)7-8-20-13-12(16-14(20)15)11(5)17-18(13)6/h9-10H,7-8H2,1-6H3,(H2,15,16). The second-order valence-corrected chi connectivity index (χ2v) is 5.93. The molecule has 0 saturated carbocycles. The number of fused-ring (bicyclic) bond motifs is 1. The number of aryl methyl sites for hydroxylation is 2. The highest BCUT2D eigenvalue weighted by atomic mass is 15.4. The first kappa shape index (κ1) is 14.8. The number of nitrogens with zero attached hydrogens (tertiary/aromatic N) is 5. The molecule has 2 N–H and O–H groups in total. The van der Waals surface area contributed by atoms with Crippen molar-refractivity contribution in [2.75, 3.05) is 12.3 Å². The zero-order chi connectivity index (χ0) is 15.0. The van der Waals surface area contributed by atoms with Gasteiger partial charge in [0.2, 0.25) is 5.95 Å². The molecule has 0 spiro atoms. The average Bonchev–Trinajstić information content (AvgIpc) is 2.78. The van der Waals surface area contributed by atoms with Crippen molar-refractivity contribution in [1.29, 1.82) is 0 Å². The van der Waals surface area contributed by atoms with E-state index in [-0.39, 0.29) is 0 Å². The van der Waals surface area contributed by atoms with E-state index >= 15 is 0 Å². The molecule has 0 amide bonds. The van der Waals surface area contributed by atoms with E-state index in [9.17, 15) is 0 Å². The molecule has 0 unspecified atom stereocenters. The molecule has 2 aromatic rings. The minimum atomic E-state index is 0.517. The first-order chi connectivity index (χ1) is 9.32. The van der Waals surface area contributed by atoms with E-state index < -0.39 is 0 Å². The highest BCUT2D eigenvalue weighted by molar-refractivity contribution is 5.77. The Morgan fingerprint density at radius 1 is 1.20 bits per heavy atom. The van der Waals surface area contributed by atoms with Crippen LogP contribution in [-0.4, -0.2) is 42.9 Å². The van der Waals surface area contributed by atoms with Gasteiger partial charge in [0.05, 0.1) is 5.69 Å². The van der Waals surface area contributed by atoms with Gasteiger partial charge in [-0.15, -0.1) is 0 Å². The van der Waals surface area contributed by atoms with Crippen LogP contribution in [0.15, 0.2) is 0 Å². The predicted molar refractivity (Wildman–Crippen MR) is 82.6 cm³/mol. The van der Waals surface area contributed by atoms with E-state index in [1.165, 1.54) is 0 Å². The summed E-state index contributed by atoms with van der Waals surface area (Å²) in [5.74, 6) is 0.573. The minimum Gasteiger partial charge on any atom is -0.369 e. The highest BCUT2D eigenvalue weighted by Gasteiger charge is 2.18. The number of imidazole rings is 1. The number of hydrogen-bond acceptors (Lipinski definition) is 4.